The molecule has 0 spiro atoms. The van der Waals surface area contributed by atoms with Crippen molar-refractivity contribution in [3.05, 3.63) is 118 Å². The van der Waals surface area contributed by atoms with Gasteiger partial charge in [-0.2, -0.15) is 0 Å². The van der Waals surface area contributed by atoms with Crippen LogP contribution in [0.25, 0.3) is 16.6 Å². The molecule has 214 valence electrons. The summed E-state index contributed by atoms with van der Waals surface area (Å²) in [5.41, 5.74) is 1.95. The van der Waals surface area contributed by atoms with Crippen LogP contribution in [-0.4, -0.2) is 54.5 Å². The Bertz CT molecular complexity index is 1840. The van der Waals surface area contributed by atoms with Crippen LogP contribution in [0, 0.1) is 5.92 Å². The minimum Gasteiger partial charge on any atom is -0.395 e. The number of hydrogen-bond acceptors (Lipinski definition) is 6. The number of nitrogens with zero attached hydrogens (tertiary/aromatic N) is 5. The van der Waals surface area contributed by atoms with Crippen molar-refractivity contribution in [2.45, 2.75) is 31.4 Å². The molecule has 3 heterocycles. The van der Waals surface area contributed by atoms with Crippen LogP contribution in [0.5, 0.6) is 0 Å². The van der Waals surface area contributed by atoms with Gasteiger partial charge in [0, 0.05) is 31.3 Å². The SMILES string of the molecule is C[C@H](/C=C/CCn1cc(C(CO)c2ccccc2)nn1)[C@@]1(O)C(=O)N(C)c2ccc(-n3[nH]c4ccccc4c3=O)cc21. The van der Waals surface area contributed by atoms with E-state index in [9.17, 15) is 19.8 Å². The lowest BCUT2D eigenvalue weighted by Gasteiger charge is -2.27. The van der Waals surface area contributed by atoms with Crippen molar-refractivity contribution in [1.82, 2.24) is 24.8 Å². The van der Waals surface area contributed by atoms with E-state index >= 15 is 0 Å². The monoisotopic (exact) mass is 564 g/mol. The van der Waals surface area contributed by atoms with E-state index in [1.165, 1.54) is 9.58 Å². The minimum atomic E-state index is -1.79. The Kier molecular flexibility index (Phi) is 7.09. The number of likely N-dealkylation sites (N-methyl/N-ethyl adjacent to an activating group) is 1. The quantitative estimate of drug-likeness (QED) is 0.235. The van der Waals surface area contributed by atoms with Crippen LogP contribution >= 0.6 is 0 Å². The first-order valence-electron chi connectivity index (χ1n) is 13.9. The van der Waals surface area contributed by atoms with Crippen molar-refractivity contribution in [3.8, 4) is 5.69 Å². The highest BCUT2D eigenvalue weighted by molar-refractivity contribution is 6.07. The summed E-state index contributed by atoms with van der Waals surface area (Å²) in [6.07, 6.45) is 6.18. The molecule has 3 aromatic carbocycles. The lowest BCUT2D eigenvalue weighted by molar-refractivity contribution is -0.139. The molecule has 0 fully saturated rings. The fourth-order valence-electron chi connectivity index (χ4n) is 5.71. The predicted molar refractivity (Wildman–Crippen MR) is 160 cm³/mol. The Balaban J connectivity index is 1.20. The molecule has 2 aromatic heterocycles. The number of aliphatic hydroxyl groups excluding tert-OH is 1. The minimum absolute atomic E-state index is 0.0702. The number of rotatable bonds is 9. The summed E-state index contributed by atoms with van der Waals surface area (Å²) in [5, 5.41) is 33.9. The molecule has 3 atom stereocenters. The largest absolute Gasteiger partial charge is 0.395 e. The van der Waals surface area contributed by atoms with Crippen LogP contribution in [-0.2, 0) is 16.9 Å². The second-order valence-corrected chi connectivity index (χ2v) is 10.7. The number of para-hydroxylation sites is 1. The van der Waals surface area contributed by atoms with Gasteiger partial charge in [-0.15, -0.1) is 5.10 Å². The molecule has 0 aliphatic carbocycles. The number of H-pyrrole nitrogens is 1. The van der Waals surface area contributed by atoms with Gasteiger partial charge in [0.1, 0.15) is 0 Å². The van der Waals surface area contributed by atoms with E-state index < -0.39 is 17.4 Å². The number of hydrogen-bond donors (Lipinski definition) is 3. The summed E-state index contributed by atoms with van der Waals surface area (Å²) < 4.78 is 3.15. The zero-order chi connectivity index (χ0) is 29.4. The average Bonchev–Trinajstić information content (AvgIpc) is 3.67. The van der Waals surface area contributed by atoms with Gasteiger partial charge in [0.25, 0.3) is 11.5 Å². The molecule has 0 radical (unpaired) electrons. The van der Waals surface area contributed by atoms with Gasteiger partial charge in [0.05, 0.1) is 40.5 Å². The second-order valence-electron chi connectivity index (χ2n) is 10.7. The van der Waals surface area contributed by atoms with Gasteiger partial charge >= 0.3 is 0 Å². The van der Waals surface area contributed by atoms with E-state index in [1.54, 1.807) is 42.9 Å². The van der Waals surface area contributed by atoms with E-state index in [4.69, 9.17) is 0 Å². The van der Waals surface area contributed by atoms with Gasteiger partial charge < -0.3 is 15.1 Å². The van der Waals surface area contributed by atoms with E-state index in [2.05, 4.69) is 15.4 Å². The number of aromatic nitrogens is 5. The van der Waals surface area contributed by atoms with Gasteiger partial charge in [-0.1, -0.05) is 66.8 Å². The first-order valence-corrected chi connectivity index (χ1v) is 13.9. The van der Waals surface area contributed by atoms with Crippen molar-refractivity contribution in [1.29, 1.82) is 0 Å². The van der Waals surface area contributed by atoms with E-state index in [0.29, 0.717) is 46.5 Å². The third-order valence-electron chi connectivity index (χ3n) is 8.14. The normalized spacial score (nSPS) is 18.2. The Morgan fingerprint density at radius 1 is 1.05 bits per heavy atom. The first kappa shape index (κ1) is 27.4. The molecule has 10 nitrogen and oxygen atoms in total. The number of aromatic amines is 1. The number of carbonyl (C=O) groups excluding carboxylic acids is 1. The highest BCUT2D eigenvalue weighted by Crippen LogP contribution is 2.45. The van der Waals surface area contributed by atoms with Gasteiger partial charge in [-0.25, -0.2) is 4.68 Å². The topological polar surface area (TPSA) is 129 Å². The highest BCUT2D eigenvalue weighted by Gasteiger charge is 2.51. The number of nitrogens with one attached hydrogen (secondary N) is 1. The average molecular weight is 565 g/mol. The predicted octanol–water partition coefficient (Wildman–Crippen LogP) is 3.48. The van der Waals surface area contributed by atoms with Crippen LogP contribution in [0.3, 0.4) is 0 Å². The molecule has 1 unspecified atom stereocenters. The molecular weight excluding hydrogens is 532 g/mol. The van der Waals surface area contributed by atoms with Crippen LogP contribution in [0.2, 0.25) is 0 Å². The molecule has 6 rings (SSSR count). The summed E-state index contributed by atoms with van der Waals surface area (Å²) in [7, 11) is 1.64. The summed E-state index contributed by atoms with van der Waals surface area (Å²) in [4.78, 5) is 27.9. The fraction of sp³-hybridized carbons (Fsp3) is 0.250. The fourth-order valence-corrected chi connectivity index (χ4v) is 5.71. The maximum atomic E-state index is 13.4. The van der Waals surface area contributed by atoms with Crippen molar-refractivity contribution in [3.63, 3.8) is 0 Å². The van der Waals surface area contributed by atoms with Gasteiger partial charge in [-0.3, -0.25) is 19.4 Å². The first-order chi connectivity index (χ1) is 20.3. The zero-order valence-corrected chi connectivity index (χ0v) is 23.4. The van der Waals surface area contributed by atoms with E-state index in [0.717, 1.165) is 5.56 Å². The van der Waals surface area contributed by atoms with Crippen LogP contribution < -0.4 is 10.5 Å². The Labute approximate surface area is 242 Å². The maximum Gasteiger partial charge on any atom is 0.279 e. The number of aryl methyl sites for hydroxylation is 1. The maximum absolute atomic E-state index is 13.4. The summed E-state index contributed by atoms with van der Waals surface area (Å²) in [6.45, 7) is 2.27. The lowest BCUT2D eigenvalue weighted by Crippen LogP contribution is -2.43. The molecule has 1 aliphatic rings. The number of benzene rings is 3. The smallest absolute Gasteiger partial charge is 0.279 e. The molecule has 10 heteroatoms. The number of carbonyl (C=O) groups is 1. The van der Waals surface area contributed by atoms with Crippen LogP contribution in [0.15, 0.2) is 95.9 Å². The Hall–Kier alpha value is -4.80. The number of fused-ring (bicyclic) bond motifs is 2. The molecule has 1 amide bonds. The molecule has 5 aromatic rings. The van der Waals surface area contributed by atoms with E-state index in [1.807, 2.05) is 66.9 Å². The Morgan fingerprint density at radius 3 is 2.57 bits per heavy atom. The molecular formula is C32H32N6O4. The van der Waals surface area contributed by atoms with Gasteiger partial charge in [0.2, 0.25) is 0 Å². The molecule has 42 heavy (non-hydrogen) atoms. The summed E-state index contributed by atoms with van der Waals surface area (Å²) >= 11 is 0. The van der Waals surface area contributed by atoms with Crippen molar-refractivity contribution < 1.29 is 15.0 Å². The Morgan fingerprint density at radius 2 is 1.81 bits per heavy atom. The second kappa shape index (κ2) is 10.9. The molecule has 0 saturated heterocycles. The van der Waals surface area contributed by atoms with E-state index in [-0.39, 0.29) is 18.1 Å². The van der Waals surface area contributed by atoms with Gasteiger partial charge in [-0.05, 0) is 42.3 Å². The number of allylic oxidation sites excluding steroid dienone is 1. The van der Waals surface area contributed by atoms with Gasteiger partial charge in [0.15, 0.2) is 5.60 Å². The standard InChI is InChI=1S/C32H32N6O4/c1-21(10-8-9-17-37-19-28(33-35-37)25(20-39)22-11-4-3-5-12-22)32(42)26-18-23(15-16-29(26)36(2)31(32)41)38-30(40)24-13-6-7-14-27(24)34-38/h3-8,10-16,18-19,21,25,34,39,42H,9,17,20H2,1-2H3/b10-8+/t21-,25?,32+/m1/s1. The van der Waals surface area contributed by atoms with Crippen LogP contribution in [0.1, 0.15) is 36.1 Å². The molecule has 1 aliphatic heterocycles. The third-order valence-corrected chi connectivity index (χ3v) is 8.14. The van der Waals surface area contributed by atoms with Crippen molar-refractivity contribution in [2.75, 3.05) is 18.6 Å². The molecule has 3 N–H and O–H groups in total. The number of aliphatic hydroxyl groups is 2. The highest BCUT2D eigenvalue weighted by atomic mass is 16.3. The summed E-state index contributed by atoms with van der Waals surface area (Å²) in [5.74, 6) is -1.22. The number of amides is 1. The number of anilines is 1. The molecule has 0 saturated carbocycles. The van der Waals surface area contributed by atoms with Crippen molar-refractivity contribution in [2.24, 2.45) is 5.92 Å². The lowest BCUT2D eigenvalue weighted by atomic mass is 9.82. The third kappa shape index (κ3) is 4.54. The summed E-state index contributed by atoms with van der Waals surface area (Å²) in [6, 6.07) is 22.2. The zero-order valence-electron chi connectivity index (χ0n) is 23.4. The van der Waals surface area contributed by atoms with Crippen LogP contribution in [0.4, 0.5) is 5.69 Å². The molecule has 0 bridgehead atoms. The van der Waals surface area contributed by atoms with Crippen molar-refractivity contribution >= 4 is 22.5 Å².